The summed E-state index contributed by atoms with van der Waals surface area (Å²) in [4.78, 5) is 51.3. The van der Waals surface area contributed by atoms with E-state index in [1.807, 2.05) is 0 Å². The number of carbonyl (C=O) groups is 4. The van der Waals surface area contributed by atoms with E-state index < -0.39 is 67.3 Å². The molecule has 0 saturated carbocycles. The third kappa shape index (κ3) is 44.0. The molecule has 79 heavy (non-hydrogen) atoms. The molecule has 6 unspecified atom stereocenters. The van der Waals surface area contributed by atoms with E-state index in [2.05, 4.69) is 118 Å². The topological polar surface area (TPSA) is 175 Å². The molecule has 1 aliphatic heterocycles. The minimum absolute atomic E-state index is 0.0354. The highest BCUT2D eigenvalue weighted by Crippen LogP contribution is 2.26. The van der Waals surface area contributed by atoms with E-state index in [0.29, 0.717) is 19.3 Å². The van der Waals surface area contributed by atoms with Gasteiger partial charge in [0.15, 0.2) is 24.6 Å². The number of unbranched alkanes of at least 4 members (excludes halogenated alkanes) is 22. The summed E-state index contributed by atoms with van der Waals surface area (Å²) in [5.41, 5.74) is 0. The van der Waals surface area contributed by atoms with Crippen LogP contribution >= 0.6 is 0 Å². The minimum Gasteiger partial charge on any atom is -0.479 e. The Morgan fingerprint density at radius 2 is 0.797 bits per heavy atom. The van der Waals surface area contributed by atoms with Crippen LogP contribution in [0.5, 0.6) is 0 Å². The van der Waals surface area contributed by atoms with Gasteiger partial charge in [0, 0.05) is 19.3 Å². The summed E-state index contributed by atoms with van der Waals surface area (Å²) in [6.07, 6.45) is 59.3. The first-order valence-electron chi connectivity index (χ1n) is 31.2. The highest BCUT2D eigenvalue weighted by Gasteiger charge is 2.50. The van der Waals surface area contributed by atoms with Gasteiger partial charge in [-0.25, -0.2) is 4.79 Å². The molecule has 0 radical (unpaired) electrons. The zero-order chi connectivity index (χ0) is 57.5. The Bertz CT molecular complexity index is 1740. The summed E-state index contributed by atoms with van der Waals surface area (Å²) >= 11 is 0. The number of carbonyl (C=O) groups excluding carboxylic acids is 3. The lowest BCUT2D eigenvalue weighted by Crippen LogP contribution is -2.61. The lowest BCUT2D eigenvalue weighted by atomic mass is 9.98. The summed E-state index contributed by atoms with van der Waals surface area (Å²) in [5.74, 6) is -3.17. The number of carboxylic acids is 1. The number of ether oxygens (including phenoxy) is 5. The maximum absolute atomic E-state index is 13.2. The van der Waals surface area contributed by atoms with Gasteiger partial charge in [-0.05, 0) is 116 Å². The van der Waals surface area contributed by atoms with E-state index in [0.717, 1.165) is 161 Å². The van der Waals surface area contributed by atoms with Gasteiger partial charge in [-0.15, -0.1) is 0 Å². The average molecular weight is 1110 g/mol. The number of carboxylic acid groups (broad SMARTS) is 1. The first kappa shape index (κ1) is 72.7. The Hall–Kier alpha value is -4.36. The largest absolute Gasteiger partial charge is 0.479 e. The fraction of sp³-hybridized carbons (Fsp3) is 0.701. The average Bonchev–Trinajstić information content (AvgIpc) is 3.46. The van der Waals surface area contributed by atoms with Crippen molar-refractivity contribution in [3.05, 3.63) is 97.2 Å². The first-order valence-corrected chi connectivity index (χ1v) is 31.2. The number of esters is 3. The molecule has 1 rings (SSSR count). The second-order valence-electron chi connectivity index (χ2n) is 20.9. The zero-order valence-corrected chi connectivity index (χ0v) is 49.6. The van der Waals surface area contributed by atoms with Gasteiger partial charge in [0.1, 0.15) is 18.8 Å². The predicted octanol–water partition coefficient (Wildman–Crippen LogP) is 16.5. The Morgan fingerprint density at radius 1 is 0.430 bits per heavy atom. The van der Waals surface area contributed by atoms with Crippen molar-refractivity contribution in [1.29, 1.82) is 0 Å². The maximum Gasteiger partial charge on any atom is 0.335 e. The fourth-order valence-corrected chi connectivity index (χ4v) is 8.90. The molecular weight excluding hydrogens is 997 g/mol. The molecule has 0 bridgehead atoms. The van der Waals surface area contributed by atoms with Crippen LogP contribution in [0.25, 0.3) is 0 Å². The number of aliphatic hydroxyl groups excluding tert-OH is 2. The summed E-state index contributed by atoms with van der Waals surface area (Å²) < 4.78 is 28.5. The molecule has 0 aromatic carbocycles. The van der Waals surface area contributed by atoms with Gasteiger partial charge in [-0.2, -0.15) is 0 Å². The number of aliphatic carboxylic acids is 1. The SMILES string of the molecule is CC/C=C\C/C=C\C/C=C\CCCCCCCCCC(=O)OCC(COC1OC(C(=O)O)C(O)C(O)C1OC(=O)CCCCCCC/C=C\C/C=C\C/C=C\CC)OC(=O)CCCCCCCCC/C=C\C/C=C\CCCCC. The third-order valence-electron chi connectivity index (χ3n) is 13.6. The quantitative estimate of drug-likeness (QED) is 0.0228. The van der Waals surface area contributed by atoms with E-state index >= 15 is 0 Å². The molecule has 450 valence electrons. The Balaban J connectivity index is 2.70. The lowest BCUT2D eigenvalue weighted by molar-refractivity contribution is -0.301. The molecule has 6 atom stereocenters. The molecule has 1 fully saturated rings. The summed E-state index contributed by atoms with van der Waals surface area (Å²) in [5, 5.41) is 31.5. The van der Waals surface area contributed by atoms with Crippen LogP contribution in [0.3, 0.4) is 0 Å². The van der Waals surface area contributed by atoms with Crippen molar-refractivity contribution in [1.82, 2.24) is 0 Å². The summed E-state index contributed by atoms with van der Waals surface area (Å²) in [6.45, 7) is 5.73. The molecule has 0 amide bonds. The highest BCUT2D eigenvalue weighted by atomic mass is 16.7. The Labute approximate surface area is 479 Å². The molecule has 0 aliphatic carbocycles. The smallest absolute Gasteiger partial charge is 0.335 e. The first-order chi connectivity index (χ1) is 38.6. The number of aliphatic hydroxyl groups is 2. The maximum atomic E-state index is 13.2. The van der Waals surface area contributed by atoms with E-state index in [9.17, 15) is 34.5 Å². The van der Waals surface area contributed by atoms with E-state index in [4.69, 9.17) is 23.7 Å². The van der Waals surface area contributed by atoms with Crippen LogP contribution < -0.4 is 0 Å². The molecule has 1 heterocycles. The second kappa shape index (κ2) is 54.2. The van der Waals surface area contributed by atoms with Crippen LogP contribution in [0.1, 0.15) is 252 Å². The Kier molecular flexibility index (Phi) is 49.9. The van der Waals surface area contributed by atoms with Crippen LogP contribution in [0.4, 0.5) is 0 Å². The number of hydrogen-bond donors (Lipinski definition) is 3. The van der Waals surface area contributed by atoms with Gasteiger partial charge in [0.05, 0.1) is 6.61 Å². The molecule has 0 spiro atoms. The molecular formula is C67H110O12. The molecule has 0 aromatic rings. The number of allylic oxidation sites excluding steroid dienone is 16. The van der Waals surface area contributed by atoms with Crippen LogP contribution in [0.2, 0.25) is 0 Å². The van der Waals surface area contributed by atoms with E-state index in [1.165, 1.54) is 32.1 Å². The fourth-order valence-electron chi connectivity index (χ4n) is 8.90. The molecule has 0 aromatic heterocycles. The van der Waals surface area contributed by atoms with E-state index in [-0.39, 0.29) is 25.9 Å². The van der Waals surface area contributed by atoms with Crippen molar-refractivity contribution >= 4 is 23.9 Å². The van der Waals surface area contributed by atoms with Crippen molar-refractivity contribution in [3.63, 3.8) is 0 Å². The van der Waals surface area contributed by atoms with Crippen LogP contribution in [-0.4, -0.2) is 89.2 Å². The normalized spacial score (nSPS) is 18.5. The third-order valence-corrected chi connectivity index (χ3v) is 13.6. The molecule has 1 saturated heterocycles. The van der Waals surface area contributed by atoms with Crippen molar-refractivity contribution in [2.45, 2.75) is 289 Å². The van der Waals surface area contributed by atoms with Crippen molar-refractivity contribution in [2.24, 2.45) is 0 Å². The van der Waals surface area contributed by atoms with E-state index in [1.54, 1.807) is 0 Å². The van der Waals surface area contributed by atoms with Crippen molar-refractivity contribution in [2.75, 3.05) is 13.2 Å². The second-order valence-corrected chi connectivity index (χ2v) is 20.9. The van der Waals surface area contributed by atoms with Gasteiger partial charge in [0.2, 0.25) is 0 Å². The standard InChI is InChI=1S/C67H110O12/c1-4-7-10-13-16-19-22-25-28-30-33-35-38-41-44-47-50-53-59(68)75-56-58(77-60(69)54-51-48-45-42-39-37-34-31-29-26-23-20-17-14-11-8-5-2)57-76-67-65(63(72)62(71)64(79-67)66(73)74)78-61(70)55-52-49-46-43-40-36-32-27-24-21-18-15-12-9-6-3/h7,9-10,12,16-21,25-29,32,58,62-65,67,71-72H,4-6,8,11,13-15,22-24,30-31,33-57H2,1-3H3,(H,73,74)/b10-7-,12-9-,19-16-,20-17-,21-18-,28-25-,29-26-,32-27-. The summed E-state index contributed by atoms with van der Waals surface area (Å²) in [7, 11) is 0. The number of hydrogen-bond acceptors (Lipinski definition) is 11. The van der Waals surface area contributed by atoms with Gasteiger partial charge in [-0.3, -0.25) is 14.4 Å². The minimum atomic E-state index is -1.92. The summed E-state index contributed by atoms with van der Waals surface area (Å²) in [6, 6.07) is 0. The monoisotopic (exact) mass is 1110 g/mol. The lowest BCUT2D eigenvalue weighted by Gasteiger charge is -2.40. The van der Waals surface area contributed by atoms with Gasteiger partial charge < -0.3 is 39.0 Å². The molecule has 12 nitrogen and oxygen atoms in total. The zero-order valence-electron chi connectivity index (χ0n) is 49.6. The van der Waals surface area contributed by atoms with Gasteiger partial charge in [-0.1, -0.05) is 214 Å². The number of rotatable bonds is 52. The highest BCUT2D eigenvalue weighted by molar-refractivity contribution is 5.74. The van der Waals surface area contributed by atoms with Crippen LogP contribution in [0, 0.1) is 0 Å². The van der Waals surface area contributed by atoms with Gasteiger partial charge >= 0.3 is 23.9 Å². The van der Waals surface area contributed by atoms with Crippen LogP contribution in [0.15, 0.2) is 97.2 Å². The van der Waals surface area contributed by atoms with Crippen molar-refractivity contribution in [3.8, 4) is 0 Å². The Morgan fingerprint density at radius 3 is 1.22 bits per heavy atom. The molecule has 1 aliphatic rings. The molecule has 3 N–H and O–H groups in total. The van der Waals surface area contributed by atoms with Crippen molar-refractivity contribution < 1.29 is 58.2 Å². The van der Waals surface area contributed by atoms with Crippen LogP contribution in [-0.2, 0) is 42.9 Å². The predicted molar refractivity (Wildman–Crippen MR) is 321 cm³/mol. The molecule has 12 heteroatoms. The van der Waals surface area contributed by atoms with Gasteiger partial charge in [0.25, 0.3) is 0 Å².